The first-order valence-corrected chi connectivity index (χ1v) is 4.12. The SMILES string of the molecule is OCC1O[C@@](O)(CO)C(O)C(O)C1O. The van der Waals surface area contributed by atoms with Gasteiger partial charge in [-0.2, -0.15) is 0 Å². The zero-order valence-corrected chi connectivity index (χ0v) is 7.32. The molecule has 1 saturated heterocycles. The molecule has 0 amide bonds. The van der Waals surface area contributed by atoms with Crippen LogP contribution in [0.5, 0.6) is 0 Å². The van der Waals surface area contributed by atoms with E-state index in [2.05, 4.69) is 4.74 Å². The molecule has 1 aliphatic rings. The lowest BCUT2D eigenvalue weighted by atomic mass is 9.93. The first-order valence-electron chi connectivity index (χ1n) is 4.12. The molecule has 14 heavy (non-hydrogen) atoms. The van der Waals surface area contributed by atoms with Gasteiger partial charge in [-0.1, -0.05) is 0 Å². The molecule has 0 saturated carbocycles. The smallest absolute Gasteiger partial charge is 0.219 e. The highest BCUT2D eigenvalue weighted by Crippen LogP contribution is 2.27. The average Bonchev–Trinajstić information content (AvgIpc) is 2.20. The zero-order valence-electron chi connectivity index (χ0n) is 7.32. The number of ether oxygens (including phenoxy) is 1. The minimum atomic E-state index is -2.36. The number of aliphatic hydroxyl groups excluding tert-OH is 5. The van der Waals surface area contributed by atoms with E-state index in [1.165, 1.54) is 0 Å². The molecule has 1 fully saturated rings. The largest absolute Gasteiger partial charge is 0.394 e. The van der Waals surface area contributed by atoms with Crippen molar-refractivity contribution >= 4 is 0 Å². The van der Waals surface area contributed by atoms with Crippen LogP contribution >= 0.6 is 0 Å². The Morgan fingerprint density at radius 2 is 1.64 bits per heavy atom. The van der Waals surface area contributed by atoms with Crippen LogP contribution in [0.4, 0.5) is 0 Å². The molecule has 1 heterocycles. The Bertz CT molecular complexity index is 196. The Balaban J connectivity index is 2.84. The standard InChI is InChI=1S/C7H14O7/c8-1-3-4(10)5(11)6(12)7(13,2-9)14-3/h3-6,8-13H,1-2H2/t3?,4?,5?,6?,7-/m0/s1. The summed E-state index contributed by atoms with van der Waals surface area (Å²) >= 11 is 0. The van der Waals surface area contributed by atoms with Gasteiger partial charge < -0.3 is 35.4 Å². The third-order valence-corrected chi connectivity index (χ3v) is 2.28. The van der Waals surface area contributed by atoms with Crippen molar-refractivity contribution in [1.82, 2.24) is 0 Å². The van der Waals surface area contributed by atoms with Crippen LogP contribution < -0.4 is 0 Å². The quantitative estimate of drug-likeness (QED) is 0.275. The molecular weight excluding hydrogens is 196 g/mol. The number of aliphatic hydroxyl groups is 6. The van der Waals surface area contributed by atoms with Gasteiger partial charge in [-0.15, -0.1) is 0 Å². The van der Waals surface area contributed by atoms with Gasteiger partial charge in [0.2, 0.25) is 5.79 Å². The summed E-state index contributed by atoms with van der Waals surface area (Å²) in [4.78, 5) is 0. The van der Waals surface area contributed by atoms with E-state index in [0.717, 1.165) is 0 Å². The van der Waals surface area contributed by atoms with Crippen molar-refractivity contribution in [2.24, 2.45) is 0 Å². The molecule has 0 radical (unpaired) electrons. The van der Waals surface area contributed by atoms with Gasteiger partial charge in [-0.3, -0.25) is 0 Å². The Labute approximate surface area is 79.8 Å². The lowest BCUT2D eigenvalue weighted by molar-refractivity contribution is -0.357. The summed E-state index contributed by atoms with van der Waals surface area (Å²) < 4.78 is 4.66. The van der Waals surface area contributed by atoms with Gasteiger partial charge in [0.15, 0.2) is 0 Å². The fourth-order valence-electron chi connectivity index (χ4n) is 1.35. The summed E-state index contributed by atoms with van der Waals surface area (Å²) in [6, 6.07) is 0. The van der Waals surface area contributed by atoms with Gasteiger partial charge in [0.1, 0.15) is 24.4 Å². The maximum absolute atomic E-state index is 9.43. The lowest BCUT2D eigenvalue weighted by Crippen LogP contribution is -2.66. The summed E-state index contributed by atoms with van der Waals surface area (Å²) in [5.74, 6) is -2.36. The highest BCUT2D eigenvalue weighted by Gasteiger charge is 2.52. The molecule has 0 aliphatic carbocycles. The molecule has 0 aromatic rings. The summed E-state index contributed by atoms with van der Waals surface area (Å²) in [5, 5.41) is 54.6. The van der Waals surface area contributed by atoms with Crippen molar-refractivity contribution in [3.63, 3.8) is 0 Å². The minimum Gasteiger partial charge on any atom is -0.394 e. The third kappa shape index (κ3) is 1.75. The summed E-state index contributed by atoms with van der Waals surface area (Å²) in [5.41, 5.74) is 0. The third-order valence-electron chi connectivity index (χ3n) is 2.28. The maximum Gasteiger partial charge on any atom is 0.219 e. The molecule has 7 nitrogen and oxygen atoms in total. The molecule has 0 spiro atoms. The molecule has 5 atom stereocenters. The molecule has 6 N–H and O–H groups in total. The van der Waals surface area contributed by atoms with Crippen LogP contribution in [0.2, 0.25) is 0 Å². The van der Waals surface area contributed by atoms with Crippen molar-refractivity contribution in [2.75, 3.05) is 13.2 Å². The molecule has 4 unspecified atom stereocenters. The van der Waals surface area contributed by atoms with Gasteiger partial charge in [-0.05, 0) is 0 Å². The van der Waals surface area contributed by atoms with Crippen LogP contribution in [0, 0.1) is 0 Å². The number of rotatable bonds is 2. The summed E-state index contributed by atoms with van der Waals surface area (Å²) in [7, 11) is 0. The minimum absolute atomic E-state index is 0.646. The van der Waals surface area contributed by atoms with Gasteiger partial charge in [0, 0.05) is 0 Å². The highest BCUT2D eigenvalue weighted by atomic mass is 16.7. The van der Waals surface area contributed by atoms with E-state index in [4.69, 9.17) is 10.2 Å². The van der Waals surface area contributed by atoms with Crippen molar-refractivity contribution < 1.29 is 35.4 Å². The van der Waals surface area contributed by atoms with Crippen molar-refractivity contribution in [3.8, 4) is 0 Å². The molecule has 7 heteroatoms. The summed E-state index contributed by atoms with van der Waals surface area (Å²) in [6.07, 6.45) is -6.27. The van der Waals surface area contributed by atoms with E-state index in [9.17, 15) is 20.4 Å². The van der Waals surface area contributed by atoms with Crippen molar-refractivity contribution in [1.29, 1.82) is 0 Å². The Morgan fingerprint density at radius 3 is 2.07 bits per heavy atom. The van der Waals surface area contributed by atoms with Crippen LogP contribution in [0.15, 0.2) is 0 Å². The van der Waals surface area contributed by atoms with E-state index >= 15 is 0 Å². The summed E-state index contributed by atoms with van der Waals surface area (Å²) in [6.45, 7) is -1.60. The van der Waals surface area contributed by atoms with Crippen LogP contribution in [0.25, 0.3) is 0 Å². The Kier molecular flexibility index (Phi) is 3.43. The first-order chi connectivity index (χ1) is 6.46. The maximum atomic E-state index is 9.43. The lowest BCUT2D eigenvalue weighted by Gasteiger charge is -2.44. The number of hydrogen-bond donors (Lipinski definition) is 6. The van der Waals surface area contributed by atoms with E-state index in [0.29, 0.717) is 0 Å². The zero-order chi connectivity index (χ0) is 10.9. The van der Waals surface area contributed by atoms with Crippen LogP contribution in [0.1, 0.15) is 0 Å². The van der Waals surface area contributed by atoms with Gasteiger partial charge in [-0.25, -0.2) is 0 Å². The van der Waals surface area contributed by atoms with Gasteiger partial charge >= 0.3 is 0 Å². The highest BCUT2D eigenvalue weighted by molar-refractivity contribution is 4.95. The molecule has 0 aromatic carbocycles. The van der Waals surface area contributed by atoms with Gasteiger partial charge in [0.25, 0.3) is 0 Å². The average molecular weight is 210 g/mol. The van der Waals surface area contributed by atoms with Gasteiger partial charge in [0.05, 0.1) is 13.2 Å². The predicted octanol–water partition coefficient (Wildman–Crippen LogP) is -3.86. The van der Waals surface area contributed by atoms with Crippen molar-refractivity contribution in [2.45, 2.75) is 30.2 Å². The first kappa shape index (κ1) is 11.8. The molecule has 84 valence electrons. The van der Waals surface area contributed by atoms with E-state index < -0.39 is 43.4 Å². The Morgan fingerprint density at radius 1 is 1.07 bits per heavy atom. The van der Waals surface area contributed by atoms with Crippen LogP contribution in [0.3, 0.4) is 0 Å². The predicted molar refractivity (Wildman–Crippen MR) is 42.0 cm³/mol. The topological polar surface area (TPSA) is 131 Å². The van der Waals surface area contributed by atoms with E-state index in [1.807, 2.05) is 0 Å². The van der Waals surface area contributed by atoms with Crippen LogP contribution in [-0.4, -0.2) is 74.1 Å². The fourth-order valence-corrected chi connectivity index (χ4v) is 1.35. The monoisotopic (exact) mass is 210 g/mol. The van der Waals surface area contributed by atoms with E-state index in [1.54, 1.807) is 0 Å². The second-order valence-electron chi connectivity index (χ2n) is 3.27. The second kappa shape index (κ2) is 4.07. The Hall–Kier alpha value is -0.280. The van der Waals surface area contributed by atoms with Crippen LogP contribution in [-0.2, 0) is 4.74 Å². The molecular formula is C7H14O7. The normalized spacial score (nSPS) is 49.3. The van der Waals surface area contributed by atoms with Crippen molar-refractivity contribution in [3.05, 3.63) is 0 Å². The molecule has 0 aromatic heterocycles. The molecule has 1 aliphatic heterocycles. The fraction of sp³-hybridized carbons (Fsp3) is 1.00. The molecule has 1 rings (SSSR count). The van der Waals surface area contributed by atoms with E-state index in [-0.39, 0.29) is 0 Å². The number of hydrogen-bond acceptors (Lipinski definition) is 7. The second-order valence-corrected chi connectivity index (χ2v) is 3.27. The molecule has 0 bridgehead atoms.